The van der Waals surface area contributed by atoms with E-state index in [0.29, 0.717) is 6.42 Å². The van der Waals surface area contributed by atoms with Gasteiger partial charge in [-0.1, -0.05) is 26.0 Å². The molecule has 102 valence electrons. The van der Waals surface area contributed by atoms with Crippen LogP contribution < -0.4 is 104 Å². The van der Waals surface area contributed by atoms with E-state index in [2.05, 4.69) is 0 Å². The summed E-state index contributed by atoms with van der Waals surface area (Å²) in [5.74, 6) is -5.68. The summed E-state index contributed by atoms with van der Waals surface area (Å²) in [7, 11) is 0. The van der Waals surface area contributed by atoms with E-state index >= 15 is 0 Å². The third kappa shape index (κ3) is 6.26. The number of carbonyl (C=O) groups excluding carboxylic acids is 3. The molecule has 9 heteroatoms. The molecule has 0 aliphatic rings. The second-order valence-electron chi connectivity index (χ2n) is 4.12. The van der Waals surface area contributed by atoms with E-state index in [1.54, 1.807) is 13.8 Å². The van der Waals surface area contributed by atoms with Crippen LogP contribution in [-0.4, -0.2) is 17.9 Å². The summed E-state index contributed by atoms with van der Waals surface area (Å²) >= 11 is 0. The largest absolute Gasteiger partial charge is 1.00 e. The van der Waals surface area contributed by atoms with Crippen molar-refractivity contribution in [2.24, 2.45) is 0 Å². The van der Waals surface area contributed by atoms with Crippen molar-refractivity contribution < 1.29 is 118 Å². The molecular weight excluding hydrogens is 321 g/mol. The minimum absolute atomic E-state index is 0. The summed E-state index contributed by atoms with van der Waals surface area (Å²) in [6.07, 6.45) is 0.553. The molecule has 0 N–H and O–H groups in total. The first-order valence-corrected chi connectivity index (χ1v) is 5.62. The van der Waals surface area contributed by atoms with Crippen molar-refractivity contribution in [2.45, 2.75) is 26.2 Å². The zero-order chi connectivity index (χ0) is 14.7. The monoisotopic (exact) mass is 332 g/mol. The Balaban J connectivity index is -0.00000120. The first-order chi connectivity index (χ1) is 8.81. The topological polar surface area (TPSA) is 120 Å². The summed E-state index contributed by atoms with van der Waals surface area (Å²) in [6, 6.07) is 2.27. The van der Waals surface area contributed by atoms with Crippen LogP contribution in [0.3, 0.4) is 0 Å². The molecule has 6 nitrogen and oxygen atoms in total. The second kappa shape index (κ2) is 12.1. The third-order valence-electron chi connectivity index (χ3n) is 3.01. The predicted molar refractivity (Wildman–Crippen MR) is 58.1 cm³/mol. The molecule has 1 unspecified atom stereocenters. The average molecular weight is 332 g/mol. The van der Waals surface area contributed by atoms with Gasteiger partial charge in [-0.05, 0) is 17.9 Å². The van der Waals surface area contributed by atoms with Gasteiger partial charge in [0.1, 0.15) is 0 Å². The van der Waals surface area contributed by atoms with Crippen molar-refractivity contribution in [2.75, 3.05) is 0 Å². The molecule has 1 aromatic carbocycles. The van der Waals surface area contributed by atoms with Crippen LogP contribution in [0.5, 0.6) is 0 Å². The van der Waals surface area contributed by atoms with Crippen molar-refractivity contribution in [3.8, 4) is 0 Å². The fourth-order valence-corrected chi connectivity index (χ4v) is 1.85. The Morgan fingerprint density at radius 2 is 1.36 bits per heavy atom. The van der Waals surface area contributed by atoms with Crippen LogP contribution in [0.25, 0.3) is 0 Å². The van der Waals surface area contributed by atoms with E-state index < -0.39 is 34.6 Å². The van der Waals surface area contributed by atoms with Gasteiger partial charge < -0.3 is 29.7 Å². The molecule has 0 saturated carbocycles. The van der Waals surface area contributed by atoms with Gasteiger partial charge in [-0.25, -0.2) is 0 Å². The molecule has 0 aliphatic carbocycles. The van der Waals surface area contributed by atoms with Crippen molar-refractivity contribution in [3.63, 3.8) is 0 Å². The number of aromatic carboxylic acids is 3. The fourth-order valence-electron chi connectivity index (χ4n) is 1.85. The Hall–Kier alpha value is 0.630. The molecule has 0 amide bonds. The number of rotatable bonds is 5. The van der Waals surface area contributed by atoms with E-state index in [1.165, 1.54) is 6.07 Å². The van der Waals surface area contributed by atoms with Gasteiger partial charge in [0, 0.05) is 16.7 Å². The molecule has 0 heterocycles. The fraction of sp³-hybridized carbons (Fsp3) is 0.308. The van der Waals surface area contributed by atoms with Gasteiger partial charge in [-0.3, -0.25) is 0 Å². The molecule has 0 aliphatic heterocycles. The number of hydrogen-bond donors (Lipinski definition) is 0. The minimum Gasteiger partial charge on any atom is -0.545 e. The van der Waals surface area contributed by atoms with Gasteiger partial charge in [-0.2, -0.15) is 0 Å². The molecule has 0 bridgehead atoms. The van der Waals surface area contributed by atoms with Gasteiger partial charge in [0.2, 0.25) is 0 Å². The van der Waals surface area contributed by atoms with Crippen LogP contribution >= 0.6 is 0 Å². The molecule has 0 aromatic heterocycles. The van der Waals surface area contributed by atoms with Crippen molar-refractivity contribution in [3.05, 3.63) is 34.4 Å². The number of carboxylic acids is 3. The molecule has 1 atom stereocenters. The molecule has 0 saturated heterocycles. The number of carbonyl (C=O) groups is 3. The molecular formula is C13H11Na3O6. The molecule has 0 radical (unpaired) electrons. The van der Waals surface area contributed by atoms with Crippen LogP contribution in [0, 0.1) is 0 Å². The maximum atomic E-state index is 11.1. The molecule has 1 aromatic rings. The second-order valence-corrected chi connectivity index (χ2v) is 4.12. The Labute approximate surface area is 194 Å². The summed E-state index contributed by atoms with van der Waals surface area (Å²) in [6.45, 7) is 3.48. The first-order valence-electron chi connectivity index (χ1n) is 5.62. The summed E-state index contributed by atoms with van der Waals surface area (Å²) in [5, 5.41) is 33.0. The maximum absolute atomic E-state index is 11.1. The molecule has 1 rings (SSSR count). The smallest absolute Gasteiger partial charge is 0.545 e. The van der Waals surface area contributed by atoms with E-state index in [9.17, 15) is 29.7 Å². The quantitative estimate of drug-likeness (QED) is 0.494. The van der Waals surface area contributed by atoms with Crippen LogP contribution in [0.4, 0.5) is 0 Å². The molecule has 0 fully saturated rings. The maximum Gasteiger partial charge on any atom is 1.00 e. The van der Waals surface area contributed by atoms with Gasteiger partial charge in [0.25, 0.3) is 0 Å². The number of hydrogen-bond acceptors (Lipinski definition) is 6. The predicted octanol–water partition coefficient (Wildman–Crippen LogP) is -10.7. The SMILES string of the molecule is CCC(C)c1ccc(C(=O)[O-])c(C(=O)[O-])c1C(=O)[O-].[Na+].[Na+].[Na+]. The summed E-state index contributed by atoms with van der Waals surface area (Å²) < 4.78 is 0. The normalized spacial score (nSPS) is 10.3. The van der Waals surface area contributed by atoms with Crippen molar-refractivity contribution in [1.29, 1.82) is 0 Å². The summed E-state index contributed by atoms with van der Waals surface area (Å²) in [4.78, 5) is 33.0. The number of carboxylic acid groups (broad SMARTS) is 3. The van der Waals surface area contributed by atoms with Crippen LogP contribution in [-0.2, 0) is 0 Å². The van der Waals surface area contributed by atoms with E-state index in [-0.39, 0.29) is 100 Å². The zero-order valence-electron chi connectivity index (χ0n) is 13.4. The Bertz CT molecular complexity index is 559. The Kier molecular flexibility index (Phi) is 15.1. The minimum atomic E-state index is -1.89. The number of benzene rings is 1. The van der Waals surface area contributed by atoms with Crippen LogP contribution in [0.15, 0.2) is 12.1 Å². The van der Waals surface area contributed by atoms with E-state index in [1.807, 2.05) is 0 Å². The van der Waals surface area contributed by atoms with Crippen molar-refractivity contribution >= 4 is 17.9 Å². The Morgan fingerprint density at radius 1 is 0.909 bits per heavy atom. The van der Waals surface area contributed by atoms with Gasteiger partial charge in [-0.15, -0.1) is 0 Å². The van der Waals surface area contributed by atoms with Crippen LogP contribution in [0.2, 0.25) is 0 Å². The van der Waals surface area contributed by atoms with Gasteiger partial charge in [0.15, 0.2) is 0 Å². The Morgan fingerprint density at radius 3 is 1.68 bits per heavy atom. The van der Waals surface area contributed by atoms with Crippen LogP contribution in [0.1, 0.15) is 62.8 Å². The molecule has 0 spiro atoms. The third-order valence-corrected chi connectivity index (χ3v) is 3.01. The average Bonchev–Trinajstić information content (AvgIpc) is 2.35. The standard InChI is InChI=1S/C13H14O6.3Na/c1-3-6(2)7-4-5-8(11(14)15)10(13(18)19)9(7)12(16)17;;;/h4-6H,3H2,1-2H3,(H,14,15)(H,16,17)(H,18,19);;;/q;3*+1/p-3. The summed E-state index contributed by atoms with van der Waals surface area (Å²) in [5.41, 5.74) is -2.09. The van der Waals surface area contributed by atoms with Crippen molar-refractivity contribution in [1.82, 2.24) is 0 Å². The van der Waals surface area contributed by atoms with E-state index in [4.69, 9.17) is 0 Å². The van der Waals surface area contributed by atoms with E-state index in [0.717, 1.165) is 6.07 Å². The van der Waals surface area contributed by atoms with Gasteiger partial charge >= 0.3 is 88.7 Å². The first kappa shape index (κ1) is 27.5. The molecule has 22 heavy (non-hydrogen) atoms. The van der Waals surface area contributed by atoms with Gasteiger partial charge in [0.05, 0.1) is 17.9 Å². The zero-order valence-corrected chi connectivity index (χ0v) is 19.4.